The molecule has 0 saturated heterocycles. The molecular weight excluding hydrogens is 278 g/mol. The minimum Gasteiger partial charge on any atom is -0.493 e. The molecule has 9 nitrogen and oxygen atoms in total. The molecule has 2 aromatic rings. The molecule has 0 amide bonds. The lowest BCUT2D eigenvalue weighted by molar-refractivity contribution is -0.384. The topological polar surface area (TPSA) is 125 Å². The van der Waals surface area contributed by atoms with E-state index >= 15 is 0 Å². The van der Waals surface area contributed by atoms with Crippen LogP contribution in [-0.2, 0) is 0 Å². The molecule has 1 aromatic heterocycles. The maximum atomic E-state index is 10.8. The summed E-state index contributed by atoms with van der Waals surface area (Å²) in [5, 5.41) is 13.6. The molecule has 0 aliphatic heterocycles. The number of nitro benzene ring substituents is 1. The highest BCUT2D eigenvalue weighted by molar-refractivity contribution is 5.51. The molecule has 110 valence electrons. The summed E-state index contributed by atoms with van der Waals surface area (Å²) in [6.07, 6.45) is 0. The summed E-state index contributed by atoms with van der Waals surface area (Å²) < 4.78 is 10.6. The second-order valence-corrected chi connectivity index (χ2v) is 3.89. The Hall–Kier alpha value is -3.10. The first-order valence-corrected chi connectivity index (χ1v) is 5.86. The maximum Gasteiger partial charge on any atom is 0.273 e. The van der Waals surface area contributed by atoms with Crippen molar-refractivity contribution in [3.8, 4) is 17.4 Å². The van der Waals surface area contributed by atoms with E-state index in [-0.39, 0.29) is 23.3 Å². The van der Waals surface area contributed by atoms with Crippen LogP contribution in [0.2, 0.25) is 0 Å². The molecular formula is C12H13N5O4. The number of ether oxygens (including phenoxy) is 2. The van der Waals surface area contributed by atoms with E-state index in [1.807, 2.05) is 0 Å². The van der Waals surface area contributed by atoms with Crippen LogP contribution >= 0.6 is 0 Å². The number of benzene rings is 1. The molecule has 3 N–H and O–H groups in total. The van der Waals surface area contributed by atoms with Gasteiger partial charge in [0.1, 0.15) is 5.82 Å². The van der Waals surface area contributed by atoms with Crippen LogP contribution in [0.5, 0.6) is 17.4 Å². The fraction of sp³-hybridized carbons (Fsp3) is 0.167. The van der Waals surface area contributed by atoms with Crippen LogP contribution in [0.15, 0.2) is 24.3 Å². The number of nitrogen functional groups attached to an aromatic ring is 1. The quantitative estimate of drug-likeness (QED) is 0.631. The zero-order chi connectivity index (χ0) is 15.4. The van der Waals surface area contributed by atoms with Crippen LogP contribution in [0.3, 0.4) is 0 Å². The highest BCUT2D eigenvalue weighted by atomic mass is 16.6. The summed E-state index contributed by atoms with van der Waals surface area (Å²) in [6, 6.07) is 5.51. The van der Waals surface area contributed by atoms with Crippen LogP contribution in [0.4, 0.5) is 17.5 Å². The summed E-state index contributed by atoms with van der Waals surface area (Å²) in [4.78, 5) is 18.1. The van der Waals surface area contributed by atoms with Gasteiger partial charge in [-0.25, -0.2) is 0 Å². The van der Waals surface area contributed by atoms with E-state index in [4.69, 9.17) is 15.2 Å². The minimum absolute atomic E-state index is 0.0150. The third-order valence-electron chi connectivity index (χ3n) is 2.55. The molecule has 0 aliphatic rings. The summed E-state index contributed by atoms with van der Waals surface area (Å²) in [6.45, 7) is 0. The first-order chi connectivity index (χ1) is 10.0. The second-order valence-electron chi connectivity index (χ2n) is 3.89. The lowest BCUT2D eigenvalue weighted by atomic mass is 10.3. The number of hydrogen-bond acceptors (Lipinski definition) is 8. The van der Waals surface area contributed by atoms with Gasteiger partial charge in [-0.05, 0) is 6.07 Å². The number of non-ortho nitro benzene ring substituents is 1. The number of rotatable bonds is 5. The number of nitrogens with zero attached hydrogens (tertiary/aromatic N) is 3. The third-order valence-corrected chi connectivity index (χ3v) is 2.55. The summed E-state index contributed by atoms with van der Waals surface area (Å²) in [5.74, 6) is 1.12. The second kappa shape index (κ2) is 5.90. The molecule has 21 heavy (non-hydrogen) atoms. The Kier molecular flexibility index (Phi) is 4.02. The van der Waals surface area contributed by atoms with Gasteiger partial charge >= 0.3 is 0 Å². The number of aromatic nitrogens is 2. The van der Waals surface area contributed by atoms with E-state index in [0.717, 1.165) is 0 Å². The molecule has 0 radical (unpaired) electrons. The van der Waals surface area contributed by atoms with Gasteiger partial charge in [0.05, 0.1) is 18.1 Å². The maximum absolute atomic E-state index is 10.8. The van der Waals surface area contributed by atoms with Crippen molar-refractivity contribution in [2.45, 2.75) is 0 Å². The Morgan fingerprint density at radius 2 is 2.05 bits per heavy atom. The van der Waals surface area contributed by atoms with E-state index in [1.165, 1.54) is 31.4 Å². The largest absolute Gasteiger partial charge is 0.493 e. The van der Waals surface area contributed by atoms with Crippen molar-refractivity contribution in [2.24, 2.45) is 0 Å². The van der Waals surface area contributed by atoms with Gasteiger partial charge < -0.3 is 20.5 Å². The Labute approximate surface area is 119 Å². The Balaban J connectivity index is 2.40. The fourth-order valence-corrected chi connectivity index (χ4v) is 1.59. The van der Waals surface area contributed by atoms with Crippen LogP contribution in [0, 0.1) is 10.1 Å². The van der Waals surface area contributed by atoms with Crippen LogP contribution in [0.1, 0.15) is 0 Å². The lowest BCUT2D eigenvalue weighted by Gasteiger charge is -2.10. The van der Waals surface area contributed by atoms with E-state index in [0.29, 0.717) is 11.6 Å². The van der Waals surface area contributed by atoms with Gasteiger partial charge in [-0.3, -0.25) is 10.1 Å². The van der Waals surface area contributed by atoms with E-state index in [9.17, 15) is 10.1 Å². The van der Waals surface area contributed by atoms with Crippen molar-refractivity contribution in [3.63, 3.8) is 0 Å². The monoisotopic (exact) mass is 291 g/mol. The minimum atomic E-state index is -0.528. The Bertz CT molecular complexity index is 677. The van der Waals surface area contributed by atoms with Crippen LogP contribution in [-0.4, -0.2) is 29.0 Å². The predicted molar refractivity (Wildman–Crippen MR) is 75.7 cm³/mol. The third kappa shape index (κ3) is 3.26. The van der Waals surface area contributed by atoms with E-state index in [2.05, 4.69) is 15.3 Å². The summed E-state index contributed by atoms with van der Waals surface area (Å²) >= 11 is 0. The SMILES string of the molecule is CNc1cc(Oc2cc([N+](=O)[O-])ccc2OC)nc(N)n1. The smallest absolute Gasteiger partial charge is 0.273 e. The van der Waals surface area contributed by atoms with Crippen molar-refractivity contribution in [3.05, 3.63) is 34.4 Å². The van der Waals surface area contributed by atoms with Crippen molar-refractivity contribution >= 4 is 17.5 Å². The van der Waals surface area contributed by atoms with Gasteiger partial charge in [0.25, 0.3) is 5.69 Å². The number of anilines is 2. The van der Waals surface area contributed by atoms with Gasteiger partial charge in [0.15, 0.2) is 11.5 Å². The molecule has 1 heterocycles. The highest BCUT2D eigenvalue weighted by Crippen LogP contribution is 2.34. The van der Waals surface area contributed by atoms with Gasteiger partial charge in [0, 0.05) is 19.2 Å². The van der Waals surface area contributed by atoms with E-state index in [1.54, 1.807) is 7.05 Å². The van der Waals surface area contributed by atoms with Gasteiger partial charge in [-0.1, -0.05) is 0 Å². The first-order valence-electron chi connectivity index (χ1n) is 5.86. The summed E-state index contributed by atoms with van der Waals surface area (Å²) in [5.41, 5.74) is 5.43. The number of methoxy groups -OCH3 is 1. The number of nitro groups is 1. The average Bonchev–Trinajstić information content (AvgIpc) is 2.46. The van der Waals surface area contributed by atoms with E-state index < -0.39 is 4.92 Å². The standard InChI is InChI=1S/C12H13N5O4/c1-14-10-6-11(16-12(13)15-10)21-9-5-7(17(18)19)3-4-8(9)20-2/h3-6H,1-2H3,(H3,13,14,15,16). The number of nitrogens with one attached hydrogen (secondary N) is 1. The van der Waals surface area contributed by atoms with Crippen molar-refractivity contribution in [1.82, 2.24) is 9.97 Å². The molecule has 0 bridgehead atoms. The normalized spacial score (nSPS) is 10.0. The van der Waals surface area contributed by atoms with Gasteiger partial charge in [0.2, 0.25) is 11.8 Å². The molecule has 0 unspecified atom stereocenters. The average molecular weight is 291 g/mol. The van der Waals surface area contributed by atoms with Crippen molar-refractivity contribution < 1.29 is 14.4 Å². The molecule has 0 fully saturated rings. The Morgan fingerprint density at radius 3 is 2.67 bits per heavy atom. The van der Waals surface area contributed by atoms with Crippen molar-refractivity contribution in [1.29, 1.82) is 0 Å². The molecule has 2 rings (SSSR count). The summed E-state index contributed by atoms with van der Waals surface area (Å²) in [7, 11) is 3.10. The molecule has 0 saturated carbocycles. The molecule has 0 aliphatic carbocycles. The molecule has 0 atom stereocenters. The zero-order valence-corrected chi connectivity index (χ0v) is 11.4. The molecule has 0 spiro atoms. The molecule has 9 heteroatoms. The number of hydrogen-bond donors (Lipinski definition) is 2. The van der Waals surface area contributed by atoms with Gasteiger partial charge in [-0.15, -0.1) is 0 Å². The fourth-order valence-electron chi connectivity index (χ4n) is 1.59. The number of nitrogens with two attached hydrogens (primary N) is 1. The van der Waals surface area contributed by atoms with Crippen LogP contribution < -0.4 is 20.5 Å². The van der Waals surface area contributed by atoms with Gasteiger partial charge in [-0.2, -0.15) is 9.97 Å². The Morgan fingerprint density at radius 1 is 1.29 bits per heavy atom. The lowest BCUT2D eigenvalue weighted by Crippen LogP contribution is -2.02. The predicted octanol–water partition coefficient (Wildman–Crippen LogP) is 1.81. The molecule has 1 aromatic carbocycles. The first kappa shape index (κ1) is 14.3. The van der Waals surface area contributed by atoms with Crippen LogP contribution in [0.25, 0.3) is 0 Å². The highest BCUT2D eigenvalue weighted by Gasteiger charge is 2.14. The van der Waals surface area contributed by atoms with Crippen molar-refractivity contribution in [2.75, 3.05) is 25.2 Å². The zero-order valence-electron chi connectivity index (χ0n) is 11.4.